The second-order valence-electron chi connectivity index (χ2n) is 6.53. The van der Waals surface area contributed by atoms with Gasteiger partial charge in [0.2, 0.25) is 11.2 Å². The van der Waals surface area contributed by atoms with Crippen molar-refractivity contribution in [1.82, 2.24) is 0 Å². The molecule has 0 saturated carbocycles. The number of phenolic OH excluding ortho intramolecular Hbond substituents is 1. The molecule has 0 aliphatic carbocycles. The molecule has 0 atom stereocenters. The van der Waals surface area contributed by atoms with Gasteiger partial charge in [0, 0.05) is 22.7 Å². The van der Waals surface area contributed by atoms with Gasteiger partial charge in [-0.3, -0.25) is 4.79 Å². The van der Waals surface area contributed by atoms with Crippen LogP contribution in [0.25, 0.3) is 22.3 Å². The Labute approximate surface area is 175 Å². The number of fused-ring (bicyclic) bond motifs is 1. The van der Waals surface area contributed by atoms with Gasteiger partial charge >= 0.3 is 0 Å². The lowest BCUT2D eigenvalue weighted by Crippen LogP contribution is -2.04. The summed E-state index contributed by atoms with van der Waals surface area (Å²) >= 11 is 5.87. The number of halogens is 1. The second kappa shape index (κ2) is 7.82. The van der Waals surface area contributed by atoms with Gasteiger partial charge < -0.3 is 19.4 Å². The van der Waals surface area contributed by atoms with Crippen LogP contribution in [0.3, 0.4) is 0 Å². The van der Waals surface area contributed by atoms with Crippen molar-refractivity contribution >= 4 is 22.6 Å². The highest BCUT2D eigenvalue weighted by Gasteiger charge is 2.19. The molecule has 1 aromatic heterocycles. The van der Waals surface area contributed by atoms with E-state index in [1.54, 1.807) is 36.4 Å². The van der Waals surface area contributed by atoms with Crippen molar-refractivity contribution in [1.29, 1.82) is 5.26 Å². The summed E-state index contributed by atoms with van der Waals surface area (Å²) in [5.74, 6) is -0.771. The van der Waals surface area contributed by atoms with E-state index < -0.39 is 11.2 Å². The molecule has 0 amide bonds. The Morgan fingerprint density at radius 3 is 2.40 bits per heavy atom. The Kier molecular flexibility index (Phi) is 5.05. The minimum Gasteiger partial charge on any atom is -0.507 e. The van der Waals surface area contributed by atoms with E-state index in [1.807, 2.05) is 18.2 Å². The first-order chi connectivity index (χ1) is 14.5. The van der Waals surface area contributed by atoms with Gasteiger partial charge in [-0.2, -0.15) is 5.26 Å². The fourth-order valence-electron chi connectivity index (χ4n) is 2.99. The third kappa shape index (κ3) is 3.66. The van der Waals surface area contributed by atoms with Gasteiger partial charge in [0.25, 0.3) is 0 Å². The first-order valence-electron chi connectivity index (χ1n) is 8.87. The molecule has 0 radical (unpaired) electrons. The number of aromatic hydroxyl groups is 2. The van der Waals surface area contributed by atoms with Crippen molar-refractivity contribution < 1.29 is 19.4 Å². The summed E-state index contributed by atoms with van der Waals surface area (Å²) in [6.45, 7) is 0.215. The highest BCUT2D eigenvalue weighted by molar-refractivity contribution is 6.30. The van der Waals surface area contributed by atoms with Crippen LogP contribution in [0.15, 0.2) is 69.9 Å². The molecule has 7 heteroatoms. The van der Waals surface area contributed by atoms with E-state index in [1.165, 1.54) is 12.1 Å². The summed E-state index contributed by atoms with van der Waals surface area (Å²) in [5.41, 5.74) is 0.999. The van der Waals surface area contributed by atoms with E-state index >= 15 is 0 Å². The van der Waals surface area contributed by atoms with Crippen molar-refractivity contribution in [2.24, 2.45) is 0 Å². The first kappa shape index (κ1) is 19.4. The molecule has 30 heavy (non-hydrogen) atoms. The smallest absolute Gasteiger partial charge is 0.238 e. The number of benzene rings is 3. The van der Waals surface area contributed by atoms with E-state index in [-0.39, 0.29) is 34.8 Å². The standard InChI is InChI=1S/C23H14ClNO5/c24-16-7-3-14(4-8-16)12-29-17-9-18(26)20-19(10-17)30-23(22(28)21(20)27)15-5-1-13(11-25)2-6-15/h1-10,26,28H,12H2. The highest BCUT2D eigenvalue weighted by atomic mass is 35.5. The number of nitriles is 1. The van der Waals surface area contributed by atoms with Gasteiger partial charge in [-0.25, -0.2) is 0 Å². The molecule has 0 fully saturated rings. The molecule has 4 rings (SSSR count). The maximum absolute atomic E-state index is 12.6. The van der Waals surface area contributed by atoms with Gasteiger partial charge in [0.1, 0.15) is 29.1 Å². The van der Waals surface area contributed by atoms with Crippen LogP contribution in [0.5, 0.6) is 17.2 Å². The quantitative estimate of drug-likeness (QED) is 0.483. The third-order valence-electron chi connectivity index (χ3n) is 4.52. The molecule has 0 unspecified atom stereocenters. The SMILES string of the molecule is N#Cc1ccc(-c2oc3cc(OCc4ccc(Cl)cc4)cc(O)c3c(=O)c2O)cc1. The van der Waals surface area contributed by atoms with Crippen LogP contribution in [0.2, 0.25) is 5.02 Å². The van der Waals surface area contributed by atoms with Gasteiger partial charge in [0.05, 0.1) is 11.6 Å². The van der Waals surface area contributed by atoms with Crippen LogP contribution in [-0.4, -0.2) is 10.2 Å². The Hall–Kier alpha value is -3.95. The third-order valence-corrected chi connectivity index (χ3v) is 4.77. The van der Waals surface area contributed by atoms with Crippen LogP contribution in [0.1, 0.15) is 11.1 Å². The molecule has 3 aromatic carbocycles. The summed E-state index contributed by atoms with van der Waals surface area (Å²) in [7, 11) is 0. The van der Waals surface area contributed by atoms with E-state index in [2.05, 4.69) is 0 Å². The molecule has 0 aliphatic heterocycles. The fraction of sp³-hybridized carbons (Fsp3) is 0.0435. The molecule has 1 heterocycles. The second-order valence-corrected chi connectivity index (χ2v) is 6.97. The fourth-order valence-corrected chi connectivity index (χ4v) is 3.11. The number of nitrogens with zero attached hydrogens (tertiary/aromatic N) is 1. The zero-order valence-corrected chi connectivity index (χ0v) is 16.2. The molecule has 0 aliphatic rings. The summed E-state index contributed by atoms with van der Waals surface area (Å²) in [5, 5.41) is 30.0. The number of phenols is 1. The summed E-state index contributed by atoms with van der Waals surface area (Å²) in [6.07, 6.45) is 0. The number of hydrogen-bond acceptors (Lipinski definition) is 6. The van der Waals surface area contributed by atoms with E-state index in [0.717, 1.165) is 5.56 Å². The zero-order chi connectivity index (χ0) is 21.3. The minimum absolute atomic E-state index is 0.0586. The largest absolute Gasteiger partial charge is 0.507 e. The normalized spacial score (nSPS) is 10.7. The molecule has 0 saturated heterocycles. The zero-order valence-electron chi connectivity index (χ0n) is 15.4. The predicted octanol–water partition coefficient (Wildman–Crippen LogP) is 4.98. The van der Waals surface area contributed by atoms with Gasteiger partial charge in [-0.05, 0) is 42.0 Å². The Morgan fingerprint density at radius 1 is 1.03 bits per heavy atom. The molecular weight excluding hydrogens is 406 g/mol. The van der Waals surface area contributed by atoms with Crippen LogP contribution < -0.4 is 10.2 Å². The molecular formula is C23H14ClNO5. The van der Waals surface area contributed by atoms with Gasteiger partial charge in [-0.15, -0.1) is 0 Å². The van der Waals surface area contributed by atoms with Crippen LogP contribution >= 0.6 is 11.6 Å². The van der Waals surface area contributed by atoms with Gasteiger partial charge in [-0.1, -0.05) is 23.7 Å². The van der Waals surface area contributed by atoms with Crippen LogP contribution in [0.4, 0.5) is 0 Å². The predicted molar refractivity (Wildman–Crippen MR) is 112 cm³/mol. The van der Waals surface area contributed by atoms with Crippen molar-refractivity contribution in [3.8, 4) is 34.6 Å². The number of ether oxygens (including phenoxy) is 1. The Morgan fingerprint density at radius 2 is 1.73 bits per heavy atom. The number of hydrogen-bond donors (Lipinski definition) is 2. The van der Waals surface area contributed by atoms with Gasteiger partial charge in [0.15, 0.2) is 5.76 Å². The average molecular weight is 420 g/mol. The van der Waals surface area contributed by atoms with Crippen molar-refractivity contribution in [2.75, 3.05) is 0 Å². The van der Waals surface area contributed by atoms with Crippen molar-refractivity contribution in [2.45, 2.75) is 6.61 Å². The Balaban J connectivity index is 1.75. The molecule has 6 nitrogen and oxygen atoms in total. The maximum Gasteiger partial charge on any atom is 0.238 e. The lowest BCUT2D eigenvalue weighted by atomic mass is 10.1. The molecule has 0 bridgehead atoms. The van der Waals surface area contributed by atoms with E-state index in [0.29, 0.717) is 16.1 Å². The summed E-state index contributed by atoms with van der Waals surface area (Å²) < 4.78 is 11.4. The first-order valence-corrected chi connectivity index (χ1v) is 9.24. The van der Waals surface area contributed by atoms with E-state index in [9.17, 15) is 15.0 Å². The Bertz CT molecular complexity index is 1340. The highest BCUT2D eigenvalue weighted by Crippen LogP contribution is 2.35. The van der Waals surface area contributed by atoms with Crippen LogP contribution in [-0.2, 0) is 6.61 Å². The molecule has 4 aromatic rings. The monoisotopic (exact) mass is 419 g/mol. The lowest BCUT2D eigenvalue weighted by molar-refractivity contribution is 0.304. The molecule has 148 valence electrons. The average Bonchev–Trinajstić information content (AvgIpc) is 2.75. The van der Waals surface area contributed by atoms with Crippen LogP contribution in [0, 0.1) is 11.3 Å². The maximum atomic E-state index is 12.6. The van der Waals surface area contributed by atoms with Crippen molar-refractivity contribution in [3.63, 3.8) is 0 Å². The minimum atomic E-state index is -0.766. The topological polar surface area (TPSA) is 104 Å². The molecule has 0 spiro atoms. The van der Waals surface area contributed by atoms with E-state index in [4.69, 9.17) is 26.0 Å². The lowest BCUT2D eigenvalue weighted by Gasteiger charge is -2.10. The summed E-state index contributed by atoms with van der Waals surface area (Å²) in [6, 6.07) is 18.1. The summed E-state index contributed by atoms with van der Waals surface area (Å²) in [4.78, 5) is 12.6. The molecule has 2 N–H and O–H groups in total. The number of rotatable bonds is 4. The van der Waals surface area contributed by atoms with Crippen molar-refractivity contribution in [3.05, 3.63) is 87.0 Å².